The molecule has 0 saturated carbocycles. The van der Waals surface area contributed by atoms with Crippen LogP contribution in [0.1, 0.15) is 38.3 Å². The van der Waals surface area contributed by atoms with Crippen LogP contribution in [-0.4, -0.2) is 72.1 Å². The van der Waals surface area contributed by atoms with Crippen molar-refractivity contribution in [2.75, 3.05) is 31.0 Å². The lowest BCUT2D eigenvalue weighted by atomic mass is 10.1. The predicted octanol–water partition coefficient (Wildman–Crippen LogP) is 5.86. The molecule has 0 amide bonds. The maximum atomic E-state index is 10.3. The second-order valence-electron chi connectivity index (χ2n) is 10.4. The van der Waals surface area contributed by atoms with Crippen LogP contribution in [0, 0.1) is 0 Å². The van der Waals surface area contributed by atoms with Gasteiger partial charge in [0.15, 0.2) is 22.1 Å². The maximum absolute atomic E-state index is 10.3. The molecule has 1 aliphatic heterocycles. The summed E-state index contributed by atoms with van der Waals surface area (Å²) in [5, 5.41) is 23.5. The van der Waals surface area contributed by atoms with E-state index in [1.165, 1.54) is 11.2 Å². The number of methoxy groups -OCH3 is 1. The molecule has 0 spiro atoms. The van der Waals surface area contributed by atoms with E-state index in [9.17, 15) is 10.2 Å². The number of aliphatic hydroxyl groups is 2. The number of halogens is 1. The molecule has 1 saturated heterocycles. The van der Waals surface area contributed by atoms with Gasteiger partial charge in [-0.3, -0.25) is 4.57 Å². The van der Waals surface area contributed by atoms with E-state index in [1.807, 2.05) is 40.6 Å². The van der Waals surface area contributed by atoms with Crippen LogP contribution in [0.4, 0.5) is 5.82 Å². The second kappa shape index (κ2) is 13.4. The summed E-state index contributed by atoms with van der Waals surface area (Å²) >= 11 is 9.76. The number of hydrogen-bond acceptors (Lipinski definition) is 11. The summed E-state index contributed by atoms with van der Waals surface area (Å²) in [5.41, 5.74) is 8.95. The maximum Gasteiger partial charge on any atom is 0.172 e. The topological polar surface area (TPSA) is 141 Å². The Bertz CT molecular complexity index is 1760. The molecule has 0 radical (unpaired) electrons. The molecule has 2 aromatic carbocycles. The van der Waals surface area contributed by atoms with Crippen molar-refractivity contribution in [3.05, 3.63) is 47.7 Å². The van der Waals surface area contributed by atoms with Crippen LogP contribution >= 0.6 is 35.1 Å². The molecule has 226 valence electrons. The molecule has 5 aromatic rings. The van der Waals surface area contributed by atoms with Crippen molar-refractivity contribution in [3.63, 3.8) is 0 Å². The molecule has 0 bridgehead atoms. The zero-order valence-electron chi connectivity index (χ0n) is 23.6. The van der Waals surface area contributed by atoms with E-state index in [2.05, 4.69) is 22.1 Å². The van der Waals surface area contributed by atoms with Crippen LogP contribution < -0.4 is 10.5 Å². The summed E-state index contributed by atoms with van der Waals surface area (Å²) in [6.45, 7) is -0.251. The molecule has 3 aromatic heterocycles. The number of ether oxygens (including phenoxy) is 2. The van der Waals surface area contributed by atoms with Gasteiger partial charge in [0.2, 0.25) is 0 Å². The highest BCUT2D eigenvalue weighted by Crippen LogP contribution is 2.38. The molecule has 1 fully saturated rings. The average Bonchev–Trinajstić information content (AvgIpc) is 3.57. The Balaban J connectivity index is 1.05. The third-order valence-electron chi connectivity index (χ3n) is 7.56. The highest BCUT2D eigenvalue weighted by Gasteiger charge is 2.37. The molecule has 1 aliphatic rings. The first-order chi connectivity index (χ1) is 21.0. The Labute approximate surface area is 262 Å². The van der Waals surface area contributed by atoms with Gasteiger partial charge in [0.25, 0.3) is 0 Å². The first kappa shape index (κ1) is 30.2. The Kier molecular flexibility index (Phi) is 9.41. The van der Waals surface area contributed by atoms with E-state index in [0.717, 1.165) is 69.9 Å². The third-order valence-corrected chi connectivity index (χ3v) is 10.1. The minimum atomic E-state index is -0.758. The number of imidazole rings is 1. The van der Waals surface area contributed by atoms with Gasteiger partial charge in [0, 0.05) is 38.9 Å². The number of nitrogens with zero attached hydrogens (tertiary/aromatic N) is 5. The van der Waals surface area contributed by atoms with Gasteiger partial charge in [0.1, 0.15) is 24.4 Å². The number of aliphatic hydroxyl groups excluding tert-OH is 2. The Morgan fingerprint density at radius 1 is 1.02 bits per heavy atom. The fourth-order valence-electron chi connectivity index (χ4n) is 5.34. The van der Waals surface area contributed by atoms with Gasteiger partial charge >= 0.3 is 0 Å². The highest BCUT2D eigenvalue weighted by atomic mass is 35.5. The van der Waals surface area contributed by atoms with Gasteiger partial charge in [0.05, 0.1) is 30.9 Å². The second-order valence-corrected chi connectivity index (χ2v) is 13.0. The summed E-state index contributed by atoms with van der Waals surface area (Å²) in [6, 6.07) is 11.9. The number of nitrogens with two attached hydrogens (primary N) is 1. The monoisotopic (exact) mass is 640 g/mol. The van der Waals surface area contributed by atoms with E-state index < -0.39 is 18.4 Å². The molecule has 4 N–H and O–H groups in total. The van der Waals surface area contributed by atoms with Crippen molar-refractivity contribution in [2.24, 2.45) is 0 Å². The van der Waals surface area contributed by atoms with Gasteiger partial charge in [-0.2, -0.15) is 0 Å². The number of rotatable bonds is 12. The number of thioether (sulfide) groups is 2. The fraction of sp³-hybridized carbons (Fsp3) is 0.400. The van der Waals surface area contributed by atoms with Crippen molar-refractivity contribution in [1.82, 2.24) is 24.5 Å². The lowest BCUT2D eigenvalue weighted by Crippen LogP contribution is -2.24. The van der Waals surface area contributed by atoms with Crippen LogP contribution in [0.15, 0.2) is 52.8 Å². The number of unbranched alkanes of at least 4 members (excludes halogenated alkanes) is 3. The first-order valence-electron chi connectivity index (χ1n) is 14.2. The first-order valence-corrected chi connectivity index (χ1v) is 16.6. The van der Waals surface area contributed by atoms with Gasteiger partial charge in [-0.25, -0.2) is 19.9 Å². The van der Waals surface area contributed by atoms with E-state index in [0.29, 0.717) is 28.4 Å². The Morgan fingerprint density at radius 2 is 1.77 bits per heavy atom. The SMILES string of the molecule is COc1ccc2c(SCCCCCCSc3nc4c(N)ncnc4n3[C@H]3CC(O)[C@@H](CO)O3)c3ccc(Cl)cc3nc2c1. The van der Waals surface area contributed by atoms with Crippen LogP contribution in [-0.2, 0) is 4.74 Å². The quantitative estimate of drug-likeness (QED) is 0.0858. The average molecular weight is 641 g/mol. The number of aromatic nitrogens is 5. The minimum absolute atomic E-state index is 0.251. The standard InChI is InChI=1S/C30H33ClN6O4S2/c1-40-18-7-9-20-22(13-18)35-21-12-17(31)6-8-19(21)27(20)42-10-4-2-3-5-11-43-30-36-26-28(32)33-16-34-29(26)37(30)25-14-23(39)24(15-38)41-25/h6-9,12-13,16,23-25,38-39H,2-5,10-11,14-15H2,1H3,(H2,32,33,34)/t23?,24-,25-/m1/s1. The molecular weight excluding hydrogens is 608 g/mol. The molecule has 0 aliphatic carbocycles. The fourth-order valence-corrected chi connectivity index (χ4v) is 7.75. The number of anilines is 1. The van der Waals surface area contributed by atoms with Gasteiger partial charge in [-0.1, -0.05) is 42.3 Å². The molecule has 1 unspecified atom stereocenters. The molecule has 43 heavy (non-hydrogen) atoms. The number of fused-ring (bicyclic) bond motifs is 3. The summed E-state index contributed by atoms with van der Waals surface area (Å²) < 4.78 is 13.2. The smallest absolute Gasteiger partial charge is 0.172 e. The minimum Gasteiger partial charge on any atom is -0.497 e. The largest absolute Gasteiger partial charge is 0.497 e. The zero-order valence-corrected chi connectivity index (χ0v) is 26.0. The van der Waals surface area contributed by atoms with Crippen LogP contribution in [0.25, 0.3) is 33.0 Å². The molecule has 10 nitrogen and oxygen atoms in total. The molecule has 4 heterocycles. The Morgan fingerprint density at radius 3 is 2.51 bits per heavy atom. The van der Waals surface area contributed by atoms with Crippen LogP contribution in [0.3, 0.4) is 0 Å². The molecule has 6 rings (SSSR count). The molecule has 13 heteroatoms. The number of hydrogen-bond donors (Lipinski definition) is 3. The van der Waals surface area contributed by atoms with Gasteiger partial charge in [-0.05, 0) is 42.9 Å². The highest BCUT2D eigenvalue weighted by molar-refractivity contribution is 7.99. The molecular formula is C30H33ClN6O4S2. The van der Waals surface area contributed by atoms with E-state index in [1.54, 1.807) is 18.9 Å². The summed E-state index contributed by atoms with van der Waals surface area (Å²) in [4.78, 5) is 19.2. The number of benzene rings is 2. The van der Waals surface area contributed by atoms with Gasteiger partial charge < -0.3 is 25.4 Å². The summed E-state index contributed by atoms with van der Waals surface area (Å²) in [5.74, 6) is 2.95. The normalized spacial score (nSPS) is 18.7. The summed E-state index contributed by atoms with van der Waals surface area (Å²) in [6.07, 6.45) is 4.17. The van der Waals surface area contributed by atoms with Crippen LogP contribution in [0.5, 0.6) is 5.75 Å². The summed E-state index contributed by atoms with van der Waals surface area (Å²) in [7, 11) is 1.66. The predicted molar refractivity (Wildman–Crippen MR) is 172 cm³/mol. The van der Waals surface area contributed by atoms with Crippen LogP contribution in [0.2, 0.25) is 5.02 Å². The van der Waals surface area contributed by atoms with E-state index in [-0.39, 0.29) is 6.61 Å². The van der Waals surface area contributed by atoms with Crippen molar-refractivity contribution in [2.45, 2.75) is 60.6 Å². The lowest BCUT2D eigenvalue weighted by Gasteiger charge is -2.16. The van der Waals surface area contributed by atoms with Crippen molar-refractivity contribution >= 4 is 73.9 Å². The molecule has 3 atom stereocenters. The van der Waals surface area contributed by atoms with Crippen molar-refractivity contribution in [1.29, 1.82) is 0 Å². The Hall–Kier alpha value is -2.87. The van der Waals surface area contributed by atoms with Crippen molar-refractivity contribution < 1.29 is 19.7 Å². The van der Waals surface area contributed by atoms with E-state index >= 15 is 0 Å². The van der Waals surface area contributed by atoms with Crippen molar-refractivity contribution in [3.8, 4) is 5.75 Å². The number of nitrogen functional groups attached to an aromatic ring is 1. The van der Waals surface area contributed by atoms with E-state index in [4.69, 9.17) is 36.8 Å². The zero-order chi connectivity index (χ0) is 29.9. The number of pyridine rings is 1. The van der Waals surface area contributed by atoms with Gasteiger partial charge in [-0.15, -0.1) is 11.8 Å². The third kappa shape index (κ3) is 6.36. The lowest BCUT2D eigenvalue weighted by molar-refractivity contribution is -0.0457.